The Balaban J connectivity index is 1.67. The van der Waals surface area contributed by atoms with Crippen LogP contribution in [0.25, 0.3) is 0 Å². The molecule has 8 nitrogen and oxygen atoms in total. The molecule has 2 N–H and O–H groups in total. The second-order valence-electron chi connectivity index (χ2n) is 10.0. The third-order valence-corrected chi connectivity index (χ3v) is 6.84. The average molecular weight is 538 g/mol. The van der Waals surface area contributed by atoms with Crippen molar-refractivity contribution >= 4 is 38.9 Å². The summed E-state index contributed by atoms with van der Waals surface area (Å²) in [4.78, 5) is 25.5. The second kappa shape index (κ2) is 12.1. The van der Waals surface area contributed by atoms with E-state index in [9.17, 15) is 18.0 Å². The van der Waals surface area contributed by atoms with Gasteiger partial charge in [0.2, 0.25) is 15.9 Å². The molecule has 0 aliphatic heterocycles. The van der Waals surface area contributed by atoms with Gasteiger partial charge in [0, 0.05) is 16.9 Å². The zero-order valence-corrected chi connectivity index (χ0v) is 23.3. The van der Waals surface area contributed by atoms with Crippen molar-refractivity contribution in [1.29, 1.82) is 0 Å². The van der Waals surface area contributed by atoms with Crippen molar-refractivity contribution in [3.8, 4) is 5.75 Å². The monoisotopic (exact) mass is 537 g/mol. The van der Waals surface area contributed by atoms with E-state index in [4.69, 9.17) is 4.74 Å². The molecule has 0 fully saturated rings. The Labute approximate surface area is 225 Å². The quantitative estimate of drug-likeness (QED) is 0.359. The summed E-state index contributed by atoms with van der Waals surface area (Å²) < 4.78 is 31.4. The SMILES string of the molecule is CCCOc1ccc(N(CC(=O)Nc2cccc(NC(=O)c3ccc(C(C)(C)C)cc3)c2)S(C)(=O)=O)cc1. The van der Waals surface area contributed by atoms with Gasteiger partial charge in [0.15, 0.2) is 0 Å². The molecular weight excluding hydrogens is 502 g/mol. The molecule has 38 heavy (non-hydrogen) atoms. The zero-order chi connectivity index (χ0) is 27.9. The van der Waals surface area contributed by atoms with Crippen molar-refractivity contribution in [2.45, 2.75) is 39.5 Å². The summed E-state index contributed by atoms with van der Waals surface area (Å²) in [6, 6.07) is 20.7. The van der Waals surface area contributed by atoms with Crippen molar-refractivity contribution in [1.82, 2.24) is 0 Å². The third-order valence-electron chi connectivity index (χ3n) is 5.70. The van der Waals surface area contributed by atoms with Gasteiger partial charge in [-0.3, -0.25) is 13.9 Å². The summed E-state index contributed by atoms with van der Waals surface area (Å²) >= 11 is 0. The molecule has 0 bridgehead atoms. The highest BCUT2D eigenvalue weighted by Gasteiger charge is 2.21. The third kappa shape index (κ3) is 8.08. The predicted octanol–water partition coefficient (Wildman–Crippen LogP) is 5.43. The first-order valence-corrected chi connectivity index (χ1v) is 14.2. The number of nitrogens with one attached hydrogen (secondary N) is 2. The summed E-state index contributed by atoms with van der Waals surface area (Å²) in [6.45, 7) is 8.46. The van der Waals surface area contributed by atoms with Crippen molar-refractivity contribution < 1.29 is 22.7 Å². The summed E-state index contributed by atoms with van der Waals surface area (Å²) in [5.74, 6) is -0.177. The number of amides is 2. The van der Waals surface area contributed by atoms with Crippen LogP contribution in [0.2, 0.25) is 0 Å². The first-order chi connectivity index (χ1) is 17.9. The van der Waals surface area contributed by atoms with E-state index in [1.807, 2.05) is 19.1 Å². The standard InChI is InChI=1S/C29H35N3O5S/c1-6-18-37-26-16-14-25(15-17-26)32(38(5,35)36)20-27(33)30-23-8-7-9-24(19-23)31-28(34)21-10-12-22(13-11-21)29(2,3)4/h7-17,19H,6,18,20H2,1-5H3,(H,30,33)(H,31,34). The lowest BCUT2D eigenvalue weighted by Gasteiger charge is -2.22. The van der Waals surface area contributed by atoms with Gasteiger partial charge in [-0.1, -0.05) is 45.9 Å². The highest BCUT2D eigenvalue weighted by atomic mass is 32.2. The van der Waals surface area contributed by atoms with Crippen LogP contribution >= 0.6 is 0 Å². The molecule has 0 aliphatic carbocycles. The maximum atomic E-state index is 12.8. The number of hydrogen-bond donors (Lipinski definition) is 2. The molecule has 0 radical (unpaired) electrons. The van der Waals surface area contributed by atoms with Crippen molar-refractivity contribution in [2.24, 2.45) is 0 Å². The van der Waals surface area contributed by atoms with Gasteiger partial charge in [-0.15, -0.1) is 0 Å². The summed E-state index contributed by atoms with van der Waals surface area (Å²) in [7, 11) is -3.73. The van der Waals surface area contributed by atoms with Gasteiger partial charge in [0.1, 0.15) is 12.3 Å². The van der Waals surface area contributed by atoms with Gasteiger partial charge in [-0.25, -0.2) is 8.42 Å². The average Bonchev–Trinajstić information content (AvgIpc) is 2.85. The molecule has 3 aromatic carbocycles. The van der Waals surface area contributed by atoms with Crippen LogP contribution in [-0.2, 0) is 20.2 Å². The van der Waals surface area contributed by atoms with Crippen LogP contribution in [0.15, 0.2) is 72.8 Å². The Morgan fingerprint density at radius 2 is 1.50 bits per heavy atom. The van der Waals surface area contributed by atoms with E-state index >= 15 is 0 Å². The van der Waals surface area contributed by atoms with Crippen LogP contribution in [0.1, 0.15) is 50.0 Å². The largest absolute Gasteiger partial charge is 0.494 e. The molecule has 0 aliphatic rings. The molecule has 2 amide bonds. The fraction of sp³-hybridized carbons (Fsp3) is 0.310. The van der Waals surface area contributed by atoms with Gasteiger partial charge >= 0.3 is 0 Å². The van der Waals surface area contributed by atoms with Crippen LogP contribution in [0.5, 0.6) is 5.75 Å². The molecule has 3 rings (SSSR count). The van der Waals surface area contributed by atoms with Crippen LogP contribution in [-0.4, -0.2) is 39.6 Å². The number of ether oxygens (including phenoxy) is 1. The van der Waals surface area contributed by atoms with Gasteiger partial charge in [0.05, 0.1) is 18.6 Å². The highest BCUT2D eigenvalue weighted by Crippen LogP contribution is 2.24. The normalized spacial score (nSPS) is 11.5. The highest BCUT2D eigenvalue weighted by molar-refractivity contribution is 7.92. The number of anilines is 3. The van der Waals surface area contributed by atoms with Crippen molar-refractivity contribution in [2.75, 3.05) is 34.3 Å². The van der Waals surface area contributed by atoms with E-state index in [2.05, 4.69) is 31.4 Å². The number of rotatable bonds is 10. The molecule has 0 saturated carbocycles. The number of carbonyl (C=O) groups excluding carboxylic acids is 2. The van der Waals surface area contributed by atoms with Gasteiger partial charge < -0.3 is 15.4 Å². The number of nitrogens with zero attached hydrogens (tertiary/aromatic N) is 1. The lowest BCUT2D eigenvalue weighted by atomic mass is 9.87. The van der Waals surface area contributed by atoms with E-state index in [1.165, 1.54) is 0 Å². The lowest BCUT2D eigenvalue weighted by Crippen LogP contribution is -2.37. The molecule has 0 atom stereocenters. The molecule has 0 spiro atoms. The molecule has 0 heterocycles. The first-order valence-electron chi connectivity index (χ1n) is 12.4. The Bertz CT molecular complexity index is 1360. The molecule has 9 heteroatoms. The Kier molecular flexibility index (Phi) is 9.17. The van der Waals surface area contributed by atoms with E-state index in [0.29, 0.717) is 35.0 Å². The zero-order valence-electron chi connectivity index (χ0n) is 22.4. The summed E-state index contributed by atoms with van der Waals surface area (Å²) in [5, 5.41) is 5.54. The van der Waals surface area contributed by atoms with E-state index in [-0.39, 0.29) is 11.3 Å². The number of sulfonamides is 1. The molecule has 0 saturated heterocycles. The topological polar surface area (TPSA) is 105 Å². The Morgan fingerprint density at radius 1 is 0.895 bits per heavy atom. The number of hydrogen-bond acceptors (Lipinski definition) is 5. The van der Waals surface area contributed by atoms with E-state index < -0.39 is 22.5 Å². The van der Waals surface area contributed by atoms with E-state index in [1.54, 1.807) is 60.7 Å². The van der Waals surface area contributed by atoms with E-state index in [0.717, 1.165) is 22.5 Å². The molecule has 3 aromatic rings. The Hall–Kier alpha value is -3.85. The fourth-order valence-electron chi connectivity index (χ4n) is 3.66. The minimum Gasteiger partial charge on any atom is -0.494 e. The number of carbonyl (C=O) groups is 2. The molecule has 202 valence electrons. The first kappa shape index (κ1) is 28.7. The smallest absolute Gasteiger partial charge is 0.255 e. The lowest BCUT2D eigenvalue weighted by molar-refractivity contribution is -0.114. The van der Waals surface area contributed by atoms with Crippen LogP contribution < -0.4 is 19.7 Å². The van der Waals surface area contributed by atoms with Crippen LogP contribution in [0, 0.1) is 0 Å². The van der Waals surface area contributed by atoms with Crippen molar-refractivity contribution in [3.05, 3.63) is 83.9 Å². The fourth-order valence-corrected chi connectivity index (χ4v) is 4.52. The van der Waals surface area contributed by atoms with Crippen molar-refractivity contribution in [3.63, 3.8) is 0 Å². The predicted molar refractivity (Wildman–Crippen MR) is 153 cm³/mol. The van der Waals surface area contributed by atoms with Gasteiger partial charge in [0.25, 0.3) is 5.91 Å². The maximum absolute atomic E-state index is 12.8. The second-order valence-corrected chi connectivity index (χ2v) is 11.9. The summed E-state index contributed by atoms with van der Waals surface area (Å²) in [5.41, 5.74) is 2.90. The van der Waals surface area contributed by atoms with Gasteiger partial charge in [-0.2, -0.15) is 0 Å². The Morgan fingerprint density at radius 3 is 2.05 bits per heavy atom. The summed E-state index contributed by atoms with van der Waals surface area (Å²) in [6.07, 6.45) is 1.90. The molecular formula is C29H35N3O5S. The minimum absolute atomic E-state index is 0.0132. The molecule has 0 aromatic heterocycles. The van der Waals surface area contributed by atoms with Gasteiger partial charge in [-0.05, 0) is 72.0 Å². The molecule has 0 unspecified atom stereocenters. The van der Waals surface area contributed by atoms with Crippen LogP contribution in [0.4, 0.5) is 17.1 Å². The van der Waals surface area contributed by atoms with Crippen LogP contribution in [0.3, 0.4) is 0 Å². The maximum Gasteiger partial charge on any atom is 0.255 e. The minimum atomic E-state index is -3.73. The number of benzene rings is 3.